The van der Waals surface area contributed by atoms with Crippen molar-refractivity contribution in [2.24, 2.45) is 7.05 Å². The summed E-state index contributed by atoms with van der Waals surface area (Å²) in [6, 6.07) is 10.2. The van der Waals surface area contributed by atoms with Gasteiger partial charge in [0, 0.05) is 40.2 Å². The Morgan fingerprint density at radius 2 is 1.87 bits per heavy atom. The van der Waals surface area contributed by atoms with Crippen LogP contribution >= 0.6 is 0 Å². The van der Waals surface area contributed by atoms with Gasteiger partial charge in [0.15, 0.2) is 5.82 Å². The molecule has 1 aliphatic rings. The molecule has 30 heavy (non-hydrogen) atoms. The molecule has 0 amide bonds. The Morgan fingerprint density at radius 1 is 1.13 bits per heavy atom. The van der Waals surface area contributed by atoms with Gasteiger partial charge in [0.2, 0.25) is 5.88 Å². The lowest BCUT2D eigenvalue weighted by atomic mass is 9.90. The van der Waals surface area contributed by atoms with Crippen molar-refractivity contribution in [3.05, 3.63) is 58.9 Å². The Balaban J connectivity index is 1.43. The van der Waals surface area contributed by atoms with E-state index in [9.17, 15) is 0 Å². The fourth-order valence-electron chi connectivity index (χ4n) is 4.21. The lowest BCUT2D eigenvalue weighted by Gasteiger charge is -2.38. The van der Waals surface area contributed by atoms with Gasteiger partial charge in [-0.15, -0.1) is 0 Å². The lowest BCUT2D eigenvalue weighted by Crippen LogP contribution is -2.43. The predicted molar refractivity (Wildman–Crippen MR) is 111 cm³/mol. The van der Waals surface area contributed by atoms with Crippen molar-refractivity contribution in [2.45, 2.75) is 38.3 Å². The van der Waals surface area contributed by atoms with E-state index in [0.717, 1.165) is 55.2 Å². The minimum Gasteiger partial charge on any atom is -0.481 e. The molecule has 1 aromatic carbocycles. The normalized spacial score (nSPS) is 16.7. The molecule has 3 heterocycles. The maximum Gasteiger partial charge on any atom is 0.258 e. The van der Waals surface area contributed by atoms with E-state index < -0.39 is 5.60 Å². The molecule has 0 saturated carbocycles. The van der Waals surface area contributed by atoms with Crippen LogP contribution in [0.2, 0.25) is 0 Å². The molecule has 0 aliphatic carbocycles. The van der Waals surface area contributed by atoms with Crippen LogP contribution in [0.1, 0.15) is 41.4 Å². The van der Waals surface area contributed by atoms with Crippen molar-refractivity contribution in [1.82, 2.24) is 24.8 Å². The molecule has 4 rings (SSSR count). The van der Waals surface area contributed by atoms with Gasteiger partial charge < -0.3 is 14.0 Å². The Morgan fingerprint density at radius 3 is 2.53 bits per heavy atom. The summed E-state index contributed by atoms with van der Waals surface area (Å²) in [5, 5.41) is 8.68. The third-order valence-electron chi connectivity index (χ3n) is 5.98. The van der Waals surface area contributed by atoms with Gasteiger partial charge in [0.05, 0.1) is 18.4 Å². The van der Waals surface area contributed by atoms with Crippen LogP contribution in [0.15, 0.2) is 34.9 Å². The standard InChI is InChI=1S/C22H29N5O3/c1-16-18(20(28-3)26(2)24-16)15-27-12-10-22(29-4,11-13-27)21-23-19(25-30-21)14-17-8-6-5-7-9-17/h5-9H,10-15H2,1-4H3. The number of hydrogen-bond acceptors (Lipinski definition) is 7. The Bertz CT molecular complexity index is 974. The third kappa shape index (κ3) is 3.97. The summed E-state index contributed by atoms with van der Waals surface area (Å²) in [4.78, 5) is 7.07. The largest absolute Gasteiger partial charge is 0.481 e. The molecule has 2 aromatic heterocycles. The fraction of sp³-hybridized carbons (Fsp3) is 0.500. The first-order chi connectivity index (χ1) is 14.5. The molecular weight excluding hydrogens is 382 g/mol. The molecule has 160 valence electrons. The van der Waals surface area contributed by atoms with E-state index >= 15 is 0 Å². The van der Waals surface area contributed by atoms with Gasteiger partial charge in [-0.25, -0.2) is 4.68 Å². The molecule has 0 unspecified atom stereocenters. The van der Waals surface area contributed by atoms with E-state index in [0.29, 0.717) is 18.1 Å². The zero-order chi connectivity index (χ0) is 21.1. The lowest BCUT2D eigenvalue weighted by molar-refractivity contribution is -0.0839. The molecule has 1 fully saturated rings. The van der Waals surface area contributed by atoms with Crippen LogP contribution in [0, 0.1) is 6.92 Å². The number of piperidine rings is 1. The average molecular weight is 412 g/mol. The molecule has 1 saturated heterocycles. The van der Waals surface area contributed by atoms with E-state index in [2.05, 4.69) is 32.3 Å². The maximum absolute atomic E-state index is 5.94. The number of nitrogens with zero attached hydrogens (tertiary/aromatic N) is 5. The number of hydrogen-bond donors (Lipinski definition) is 0. The van der Waals surface area contributed by atoms with Crippen LogP contribution in [-0.2, 0) is 30.4 Å². The Kier molecular flexibility index (Phi) is 5.87. The van der Waals surface area contributed by atoms with Gasteiger partial charge in [-0.1, -0.05) is 35.5 Å². The van der Waals surface area contributed by atoms with Crippen LogP contribution in [0.4, 0.5) is 0 Å². The van der Waals surface area contributed by atoms with Crippen LogP contribution < -0.4 is 4.74 Å². The summed E-state index contributed by atoms with van der Waals surface area (Å²) in [5.74, 6) is 2.08. The zero-order valence-electron chi connectivity index (χ0n) is 18.1. The number of likely N-dealkylation sites (tertiary alicyclic amines) is 1. The molecule has 0 spiro atoms. The number of rotatable bonds is 7. The smallest absolute Gasteiger partial charge is 0.258 e. The summed E-state index contributed by atoms with van der Waals surface area (Å²) in [7, 11) is 5.32. The highest BCUT2D eigenvalue weighted by atomic mass is 16.5. The predicted octanol–water partition coefficient (Wildman–Crippen LogP) is 2.85. The molecule has 3 aromatic rings. The Labute approximate surface area is 176 Å². The van der Waals surface area contributed by atoms with Crippen molar-refractivity contribution >= 4 is 0 Å². The van der Waals surface area contributed by atoms with E-state index in [1.807, 2.05) is 32.2 Å². The summed E-state index contributed by atoms with van der Waals surface area (Å²) < 4.78 is 18.9. The molecule has 0 bridgehead atoms. The fourth-order valence-corrected chi connectivity index (χ4v) is 4.21. The van der Waals surface area contributed by atoms with Gasteiger partial charge >= 0.3 is 0 Å². The van der Waals surface area contributed by atoms with Gasteiger partial charge in [0.1, 0.15) is 5.60 Å². The highest BCUT2D eigenvalue weighted by Crippen LogP contribution is 2.36. The number of aryl methyl sites for hydroxylation is 2. The maximum atomic E-state index is 5.94. The van der Waals surface area contributed by atoms with E-state index in [4.69, 9.17) is 14.0 Å². The molecule has 8 nitrogen and oxygen atoms in total. The second kappa shape index (κ2) is 8.57. The third-order valence-corrected chi connectivity index (χ3v) is 5.98. The number of methoxy groups -OCH3 is 2. The molecule has 8 heteroatoms. The molecular formula is C22H29N5O3. The molecule has 1 aliphatic heterocycles. The SMILES string of the molecule is COc1c(CN2CCC(OC)(c3nc(Cc4ccccc4)no3)CC2)c(C)nn1C. The highest BCUT2D eigenvalue weighted by molar-refractivity contribution is 5.31. The van der Waals surface area contributed by atoms with Crippen LogP contribution in [0.5, 0.6) is 5.88 Å². The van der Waals surface area contributed by atoms with Crippen molar-refractivity contribution in [3.63, 3.8) is 0 Å². The topological polar surface area (TPSA) is 78.4 Å². The van der Waals surface area contributed by atoms with Crippen molar-refractivity contribution < 1.29 is 14.0 Å². The summed E-state index contributed by atoms with van der Waals surface area (Å²) >= 11 is 0. The van der Waals surface area contributed by atoms with Crippen LogP contribution in [-0.4, -0.2) is 52.1 Å². The van der Waals surface area contributed by atoms with E-state index in [1.165, 1.54) is 0 Å². The first kappa shape index (κ1) is 20.6. The van der Waals surface area contributed by atoms with E-state index in [1.54, 1.807) is 18.9 Å². The first-order valence-electron chi connectivity index (χ1n) is 10.3. The number of aromatic nitrogens is 4. The van der Waals surface area contributed by atoms with Crippen molar-refractivity contribution in [1.29, 1.82) is 0 Å². The van der Waals surface area contributed by atoms with Crippen LogP contribution in [0.25, 0.3) is 0 Å². The second-order valence-corrected chi connectivity index (χ2v) is 7.85. The quantitative estimate of drug-likeness (QED) is 0.591. The summed E-state index contributed by atoms with van der Waals surface area (Å²) in [6.45, 7) is 4.54. The summed E-state index contributed by atoms with van der Waals surface area (Å²) in [6.07, 6.45) is 2.23. The molecule has 0 atom stereocenters. The minimum absolute atomic E-state index is 0.535. The van der Waals surface area contributed by atoms with Gasteiger partial charge in [0.25, 0.3) is 5.89 Å². The number of benzene rings is 1. The molecule has 0 N–H and O–H groups in total. The summed E-state index contributed by atoms with van der Waals surface area (Å²) in [5.41, 5.74) is 2.76. The van der Waals surface area contributed by atoms with Crippen molar-refractivity contribution in [2.75, 3.05) is 27.3 Å². The second-order valence-electron chi connectivity index (χ2n) is 7.85. The monoisotopic (exact) mass is 411 g/mol. The average Bonchev–Trinajstić information content (AvgIpc) is 3.34. The molecule has 0 radical (unpaired) electrons. The highest BCUT2D eigenvalue weighted by Gasteiger charge is 2.41. The first-order valence-corrected chi connectivity index (χ1v) is 10.3. The van der Waals surface area contributed by atoms with E-state index in [-0.39, 0.29) is 0 Å². The Hall–Kier alpha value is -2.71. The van der Waals surface area contributed by atoms with Gasteiger partial charge in [-0.2, -0.15) is 10.1 Å². The minimum atomic E-state index is -0.535. The van der Waals surface area contributed by atoms with Crippen molar-refractivity contribution in [3.8, 4) is 5.88 Å². The zero-order valence-corrected chi connectivity index (χ0v) is 18.1. The number of ether oxygens (including phenoxy) is 2. The van der Waals surface area contributed by atoms with Gasteiger partial charge in [-0.05, 0) is 25.3 Å². The van der Waals surface area contributed by atoms with Crippen LogP contribution in [0.3, 0.4) is 0 Å². The van der Waals surface area contributed by atoms with Gasteiger partial charge in [-0.3, -0.25) is 4.90 Å².